The van der Waals surface area contributed by atoms with Crippen molar-refractivity contribution in [3.63, 3.8) is 0 Å². The van der Waals surface area contributed by atoms with Crippen molar-refractivity contribution in [2.75, 3.05) is 39.6 Å². The predicted molar refractivity (Wildman–Crippen MR) is 208 cm³/mol. The van der Waals surface area contributed by atoms with Crippen molar-refractivity contribution in [3.05, 3.63) is 0 Å². The van der Waals surface area contributed by atoms with E-state index in [9.17, 15) is 91.3 Å². The summed E-state index contributed by atoms with van der Waals surface area (Å²) in [7, 11) is 0. The molecule has 26 atom stereocenters. The fourth-order valence-corrected chi connectivity index (χ4v) is 8.51. The van der Waals surface area contributed by atoms with Crippen LogP contribution in [-0.4, -0.2) is 286 Å². The molecule has 0 spiro atoms. The van der Waals surface area contributed by atoms with Crippen LogP contribution >= 0.6 is 0 Å². The molecule has 5 rings (SSSR count). The Hall–Kier alpha value is -2.06. The van der Waals surface area contributed by atoms with Gasteiger partial charge in [0.25, 0.3) is 5.79 Å². The minimum atomic E-state index is -3.00. The molecule has 0 aliphatic carbocycles. The molecule has 67 heavy (non-hydrogen) atoms. The minimum Gasteiger partial charge on any atom is -0.477 e. The van der Waals surface area contributed by atoms with Crippen LogP contribution < -0.4 is 5.32 Å². The first-order valence-corrected chi connectivity index (χ1v) is 21.5. The number of amides is 1. The molecule has 5 aliphatic rings. The lowest BCUT2D eigenvalue weighted by Gasteiger charge is -2.50. The van der Waals surface area contributed by atoms with Gasteiger partial charge >= 0.3 is 5.97 Å². The molecule has 1 amide bonds. The Kier molecular flexibility index (Phi) is 19.9. The van der Waals surface area contributed by atoms with E-state index >= 15 is 0 Å². The lowest BCUT2D eigenvalue weighted by Crippen LogP contribution is -2.69. The predicted octanol–water partition coefficient (Wildman–Crippen LogP) is -10.3. The zero-order valence-electron chi connectivity index (χ0n) is 36.4. The van der Waals surface area contributed by atoms with E-state index in [1.807, 2.05) is 0 Å². The summed E-state index contributed by atoms with van der Waals surface area (Å²) in [5.41, 5.74) is 0. The smallest absolute Gasteiger partial charge is 0.364 e. The number of carboxylic acid groups (broad SMARTS) is 1. The molecule has 0 aromatic carbocycles. The SMILES string of the molecule is CCO[C@@H]1OC(CO[C@@H]2OC(CO)[C@@H](O[C@@H]3OC(CO)[C@H](O)[C@H](O)C3O)[C@H](O)C2O)[C@@H](O[C@@H]2OC(CO)[C@H](O)[C@H](OC3(C(=O)O)CC(O)[C@@H](C)[C@H]([C@H](O)[C@H](O)CO)O3)C2O)[C@H](O)C1NC(C)=O. The minimum absolute atomic E-state index is 0.0610. The molecular formula is C38H65NO28. The molecule has 0 saturated carbocycles. The van der Waals surface area contributed by atoms with Crippen LogP contribution in [0, 0.1) is 5.92 Å². The van der Waals surface area contributed by atoms with Crippen molar-refractivity contribution in [2.24, 2.45) is 5.92 Å². The number of carboxylic acids is 1. The Balaban J connectivity index is 1.40. The highest BCUT2D eigenvalue weighted by molar-refractivity contribution is 5.76. The molecule has 5 fully saturated rings. The maximum Gasteiger partial charge on any atom is 0.364 e. The third-order valence-corrected chi connectivity index (χ3v) is 12.4. The number of rotatable bonds is 19. The highest BCUT2D eigenvalue weighted by Gasteiger charge is 2.60. The number of aliphatic hydroxyl groups excluding tert-OH is 15. The standard InChI is InChI=1S/C38H65NO28/c1-4-58-33-19(39-12(3)44)23(50)31(18(63-33)10-59-34-27(54)25(52)30(17(9-43)62-34)64-35-26(53)24(51)21(48)15(7-41)60-35)65-36-28(55)32(22(49)16(8-42)61-36)67-38(37(56)57)5-13(45)11(2)29(66-38)20(47)14(46)6-40/h11,13-36,40-43,45-55H,4-10H2,1-3H3,(H,39,44)(H,56,57)/t11-,13?,14-,15?,16?,17?,18?,19?,20-,21+,22+,23-,24+,25-,26?,27?,28?,29-,30-,31-,32+,33-,34-,35+,36+,38?/m1/s1. The van der Waals surface area contributed by atoms with E-state index in [0.29, 0.717) is 0 Å². The van der Waals surface area contributed by atoms with Crippen LogP contribution in [0.4, 0.5) is 0 Å². The van der Waals surface area contributed by atoms with Gasteiger partial charge < -0.3 is 134 Å². The Morgan fingerprint density at radius 3 is 1.75 bits per heavy atom. The number of aliphatic carboxylic acids is 1. The molecule has 29 heteroatoms. The number of hydrogen-bond donors (Lipinski definition) is 17. The number of carbonyl (C=O) groups is 2. The van der Waals surface area contributed by atoms with Crippen LogP contribution in [-0.2, 0) is 57.0 Å². The number of ether oxygens (including phenoxy) is 10. The molecule has 29 nitrogen and oxygen atoms in total. The van der Waals surface area contributed by atoms with E-state index < -0.39 is 210 Å². The zero-order valence-corrected chi connectivity index (χ0v) is 36.4. The highest BCUT2D eigenvalue weighted by Crippen LogP contribution is 2.40. The number of carbonyl (C=O) groups excluding carboxylic acids is 1. The van der Waals surface area contributed by atoms with Crippen LogP contribution in [0.2, 0.25) is 0 Å². The van der Waals surface area contributed by atoms with Gasteiger partial charge in [0.2, 0.25) is 5.91 Å². The summed E-state index contributed by atoms with van der Waals surface area (Å²) < 4.78 is 57.1. The van der Waals surface area contributed by atoms with Gasteiger partial charge in [-0.05, 0) is 6.92 Å². The Morgan fingerprint density at radius 2 is 1.19 bits per heavy atom. The first kappa shape index (κ1) is 55.9. The first-order chi connectivity index (χ1) is 31.6. The zero-order chi connectivity index (χ0) is 49.8. The summed E-state index contributed by atoms with van der Waals surface area (Å²) >= 11 is 0. The van der Waals surface area contributed by atoms with Crippen molar-refractivity contribution >= 4 is 11.9 Å². The molecule has 0 aromatic heterocycles. The summed E-state index contributed by atoms with van der Waals surface area (Å²) in [6, 6.07) is -1.45. The third kappa shape index (κ3) is 12.0. The lowest BCUT2D eigenvalue weighted by molar-refractivity contribution is -0.387. The van der Waals surface area contributed by atoms with Crippen molar-refractivity contribution in [2.45, 2.75) is 180 Å². The van der Waals surface area contributed by atoms with Gasteiger partial charge in [-0.2, -0.15) is 0 Å². The average Bonchev–Trinajstić information content (AvgIpc) is 3.29. The topological polar surface area (TPSA) is 462 Å². The van der Waals surface area contributed by atoms with Gasteiger partial charge in [0.15, 0.2) is 25.2 Å². The summed E-state index contributed by atoms with van der Waals surface area (Å²) in [6.07, 6.45) is -43.4. The highest BCUT2D eigenvalue weighted by atomic mass is 16.8. The average molecular weight is 984 g/mol. The third-order valence-electron chi connectivity index (χ3n) is 12.4. The van der Waals surface area contributed by atoms with Gasteiger partial charge in [-0.25, -0.2) is 4.79 Å². The fraction of sp³-hybridized carbons (Fsp3) is 0.947. The van der Waals surface area contributed by atoms with Crippen LogP contribution in [0.5, 0.6) is 0 Å². The second kappa shape index (κ2) is 23.9. The molecule has 390 valence electrons. The van der Waals surface area contributed by atoms with E-state index in [0.717, 1.165) is 6.92 Å². The Bertz CT molecular complexity index is 1570. The molecule has 17 N–H and O–H groups in total. The van der Waals surface area contributed by atoms with E-state index in [1.54, 1.807) is 6.92 Å². The molecule has 0 radical (unpaired) electrons. The summed E-state index contributed by atoms with van der Waals surface area (Å²) in [4.78, 5) is 25.2. The Labute approximate surface area is 381 Å². The molecule has 5 saturated heterocycles. The van der Waals surface area contributed by atoms with Gasteiger partial charge in [0.1, 0.15) is 110 Å². The van der Waals surface area contributed by atoms with Crippen molar-refractivity contribution in [1.82, 2.24) is 5.32 Å². The van der Waals surface area contributed by atoms with Crippen molar-refractivity contribution in [1.29, 1.82) is 0 Å². The monoisotopic (exact) mass is 983 g/mol. The summed E-state index contributed by atoms with van der Waals surface area (Å²) in [6.45, 7) is -0.673. The van der Waals surface area contributed by atoms with Crippen LogP contribution in [0.15, 0.2) is 0 Å². The first-order valence-electron chi connectivity index (χ1n) is 21.5. The molecule has 10 unspecified atom stereocenters. The quantitative estimate of drug-likeness (QED) is 0.0571. The van der Waals surface area contributed by atoms with Crippen molar-refractivity contribution in [3.8, 4) is 0 Å². The molecular weight excluding hydrogens is 918 g/mol. The lowest BCUT2D eigenvalue weighted by atomic mass is 9.84. The number of hydrogen-bond acceptors (Lipinski definition) is 27. The second-order valence-corrected chi connectivity index (χ2v) is 17.0. The van der Waals surface area contributed by atoms with E-state index in [4.69, 9.17) is 47.4 Å². The van der Waals surface area contributed by atoms with E-state index in [2.05, 4.69) is 5.32 Å². The van der Waals surface area contributed by atoms with Gasteiger partial charge in [-0.3, -0.25) is 4.79 Å². The normalized spacial score (nSPS) is 47.2. The maximum atomic E-state index is 12.9. The van der Waals surface area contributed by atoms with Crippen LogP contribution in [0.25, 0.3) is 0 Å². The summed E-state index contributed by atoms with van der Waals surface area (Å²) in [5.74, 6) is -6.72. The van der Waals surface area contributed by atoms with E-state index in [-0.39, 0.29) is 6.61 Å². The van der Waals surface area contributed by atoms with Crippen LogP contribution in [0.3, 0.4) is 0 Å². The summed E-state index contributed by atoms with van der Waals surface area (Å²) in [5, 5.41) is 172. The molecule has 5 heterocycles. The Morgan fingerprint density at radius 1 is 0.657 bits per heavy atom. The molecule has 0 aromatic rings. The second-order valence-electron chi connectivity index (χ2n) is 17.0. The fourth-order valence-electron chi connectivity index (χ4n) is 8.51. The number of nitrogens with one attached hydrogen (secondary N) is 1. The van der Waals surface area contributed by atoms with E-state index in [1.165, 1.54) is 6.92 Å². The number of aliphatic hydroxyl groups is 15. The largest absolute Gasteiger partial charge is 0.477 e. The van der Waals surface area contributed by atoms with Gasteiger partial charge in [0.05, 0.1) is 45.2 Å². The van der Waals surface area contributed by atoms with Crippen LogP contribution in [0.1, 0.15) is 27.2 Å². The van der Waals surface area contributed by atoms with Gasteiger partial charge in [0, 0.05) is 25.9 Å². The molecule has 0 bridgehead atoms. The molecule has 5 aliphatic heterocycles. The maximum absolute atomic E-state index is 12.9. The van der Waals surface area contributed by atoms with Gasteiger partial charge in [-0.1, -0.05) is 6.92 Å². The van der Waals surface area contributed by atoms with Crippen molar-refractivity contribution < 1.29 is 139 Å². The van der Waals surface area contributed by atoms with Gasteiger partial charge in [-0.15, -0.1) is 0 Å².